The van der Waals surface area contributed by atoms with Crippen LogP contribution in [0.1, 0.15) is 235 Å². The highest BCUT2D eigenvalue weighted by atomic mass is 16.6. The second kappa shape index (κ2) is 31.0. The van der Waals surface area contributed by atoms with Gasteiger partial charge in [0, 0.05) is 19.6 Å². The van der Waals surface area contributed by atoms with E-state index in [0.717, 1.165) is 87.4 Å². The number of amides is 1. The number of rotatable bonds is 33. The largest absolute Gasteiger partial charge is 0.462 e. The molecule has 4 fully saturated rings. The molecule has 0 bridgehead atoms. The lowest BCUT2D eigenvalue weighted by Crippen LogP contribution is -2.51. The van der Waals surface area contributed by atoms with Crippen LogP contribution in [0.2, 0.25) is 0 Å². The van der Waals surface area contributed by atoms with E-state index >= 15 is 0 Å². The normalized spacial score (nSPS) is 28.5. The molecule has 1 unspecified atom stereocenters. The molecule has 1 aliphatic heterocycles. The average Bonchev–Trinajstić information content (AvgIpc) is 3.69. The summed E-state index contributed by atoms with van der Waals surface area (Å²) in [6.07, 6.45) is 42.1. The van der Waals surface area contributed by atoms with Crippen molar-refractivity contribution >= 4 is 12.1 Å². The molecule has 5 rings (SSSR count). The number of esters is 1. The highest BCUT2D eigenvalue weighted by molar-refractivity contribution is 5.81. The van der Waals surface area contributed by atoms with Gasteiger partial charge in [-0.1, -0.05) is 163 Å². The standard InChI is InChI=1S/C61H108N2O6/c1-9-10-11-12-13-14-15-16-17-18-19-20-21-22-23-27-41-66-46-52(45-63-39-25-24-26-40-63)67-42-43-68-58(64)57(48(4)5)62-59(65)69-51-35-37-60(7)50(44-51)31-32-53-55-34-33-54(49(6)30-28-29-47(2)3)61(55,8)38-36-56(53)60/h16-17,31,47-49,51-57H,9-15,18-30,32-46H2,1-8H3,(H,62,65)/b17-16-/t49-,51+,52?,53+,54-,55+,56+,57+,60+,61-/m1/s1. The van der Waals surface area contributed by atoms with Crippen LogP contribution in [0.25, 0.3) is 0 Å². The zero-order chi connectivity index (χ0) is 49.5. The van der Waals surface area contributed by atoms with Gasteiger partial charge < -0.3 is 29.2 Å². The van der Waals surface area contributed by atoms with Crippen molar-refractivity contribution in [2.24, 2.45) is 52.3 Å². The molecule has 69 heavy (non-hydrogen) atoms. The predicted octanol–water partition coefficient (Wildman–Crippen LogP) is 15.6. The maximum absolute atomic E-state index is 13.4. The lowest BCUT2D eigenvalue weighted by molar-refractivity contribution is -0.150. The smallest absolute Gasteiger partial charge is 0.408 e. The zero-order valence-corrected chi connectivity index (χ0v) is 46.2. The number of alkyl carbamates (subject to hydrolysis) is 1. The molecule has 0 aromatic heterocycles. The van der Waals surface area contributed by atoms with Crippen LogP contribution in [0, 0.1) is 52.3 Å². The summed E-state index contributed by atoms with van der Waals surface area (Å²) in [7, 11) is 0. The van der Waals surface area contributed by atoms with Crippen molar-refractivity contribution in [3.8, 4) is 0 Å². The first-order valence-corrected chi connectivity index (χ1v) is 29.8. The van der Waals surface area contributed by atoms with Gasteiger partial charge in [0.1, 0.15) is 18.8 Å². The zero-order valence-electron chi connectivity index (χ0n) is 46.2. The molecule has 398 valence electrons. The minimum Gasteiger partial charge on any atom is -0.462 e. The van der Waals surface area contributed by atoms with Crippen LogP contribution in [-0.4, -0.2) is 81.3 Å². The number of piperidine rings is 1. The summed E-state index contributed by atoms with van der Waals surface area (Å²) in [5, 5.41) is 2.91. The topological polar surface area (TPSA) is 86.3 Å². The molecular formula is C61H108N2O6. The van der Waals surface area contributed by atoms with Gasteiger partial charge in [-0.3, -0.25) is 0 Å². The van der Waals surface area contributed by atoms with Gasteiger partial charge in [-0.15, -0.1) is 0 Å². The SMILES string of the molecule is CCCCCCCC/C=C\CCCCCCCCOCC(CN1CCCCC1)OCCOC(=O)[C@@H](NC(=O)O[C@H]1CC[C@@]2(C)C(=CC[C@H]3[C@@H]4CC[C@H]([C@H](C)CCCC(C)C)[C@@]4(C)CC[C@@H]32)C1)C(C)C. The number of nitrogens with one attached hydrogen (secondary N) is 1. The minimum absolute atomic E-state index is 0.0705. The third-order valence-corrected chi connectivity index (χ3v) is 18.4. The summed E-state index contributed by atoms with van der Waals surface area (Å²) in [6, 6.07) is -0.783. The minimum atomic E-state index is -0.783. The first kappa shape index (κ1) is 58.0. The fourth-order valence-corrected chi connectivity index (χ4v) is 14.3. The number of likely N-dealkylation sites (tertiary alicyclic amines) is 1. The Labute approximate surface area is 424 Å². The lowest BCUT2D eigenvalue weighted by atomic mass is 9.47. The number of nitrogens with zero attached hydrogens (tertiary/aromatic N) is 1. The summed E-state index contributed by atoms with van der Waals surface area (Å²) < 4.78 is 24.4. The number of carbonyl (C=O) groups is 2. The van der Waals surface area contributed by atoms with E-state index in [-0.39, 0.29) is 30.1 Å². The molecule has 8 heteroatoms. The van der Waals surface area contributed by atoms with E-state index in [1.165, 1.54) is 160 Å². The summed E-state index contributed by atoms with van der Waals surface area (Å²) in [6.45, 7) is 23.4. The third kappa shape index (κ3) is 18.5. The Hall–Kier alpha value is -1.90. The Morgan fingerprint density at radius 2 is 1.46 bits per heavy atom. The molecule has 8 nitrogen and oxygen atoms in total. The number of allylic oxidation sites excluding steroid dienone is 3. The van der Waals surface area contributed by atoms with Gasteiger partial charge >= 0.3 is 12.1 Å². The van der Waals surface area contributed by atoms with Crippen molar-refractivity contribution in [1.29, 1.82) is 0 Å². The molecule has 3 saturated carbocycles. The predicted molar refractivity (Wildman–Crippen MR) is 286 cm³/mol. The highest BCUT2D eigenvalue weighted by Crippen LogP contribution is 2.67. The maximum atomic E-state index is 13.4. The van der Waals surface area contributed by atoms with E-state index in [9.17, 15) is 9.59 Å². The Bertz CT molecular complexity index is 1510. The van der Waals surface area contributed by atoms with E-state index in [0.29, 0.717) is 18.6 Å². The average molecular weight is 966 g/mol. The van der Waals surface area contributed by atoms with E-state index < -0.39 is 18.1 Å². The van der Waals surface area contributed by atoms with E-state index in [1.807, 2.05) is 13.8 Å². The fourth-order valence-electron chi connectivity index (χ4n) is 14.3. The molecule has 0 aromatic carbocycles. The van der Waals surface area contributed by atoms with Crippen LogP contribution in [0.3, 0.4) is 0 Å². The van der Waals surface area contributed by atoms with Crippen molar-refractivity contribution in [2.45, 2.75) is 253 Å². The van der Waals surface area contributed by atoms with Crippen LogP contribution in [0.15, 0.2) is 23.8 Å². The van der Waals surface area contributed by atoms with Gasteiger partial charge in [0.25, 0.3) is 0 Å². The monoisotopic (exact) mass is 965 g/mol. The van der Waals surface area contributed by atoms with E-state index in [2.05, 4.69) is 70.0 Å². The second-order valence-corrected chi connectivity index (χ2v) is 24.5. The van der Waals surface area contributed by atoms with Crippen molar-refractivity contribution < 1.29 is 28.5 Å². The van der Waals surface area contributed by atoms with Crippen LogP contribution >= 0.6 is 0 Å². The molecule has 1 heterocycles. The molecular weight excluding hydrogens is 857 g/mol. The first-order valence-electron chi connectivity index (χ1n) is 29.8. The second-order valence-electron chi connectivity index (χ2n) is 24.5. The maximum Gasteiger partial charge on any atom is 0.408 e. The molecule has 4 aliphatic carbocycles. The summed E-state index contributed by atoms with van der Waals surface area (Å²) in [5.41, 5.74) is 2.18. The molecule has 0 spiro atoms. The Morgan fingerprint density at radius 1 is 0.768 bits per heavy atom. The Kier molecular flexibility index (Phi) is 26.0. The number of carbonyl (C=O) groups excluding carboxylic acids is 2. The summed E-state index contributed by atoms with van der Waals surface area (Å²) in [4.78, 5) is 29.4. The molecule has 0 radical (unpaired) electrons. The van der Waals surface area contributed by atoms with E-state index in [4.69, 9.17) is 18.9 Å². The van der Waals surface area contributed by atoms with Crippen LogP contribution in [0.5, 0.6) is 0 Å². The van der Waals surface area contributed by atoms with Crippen molar-refractivity contribution in [3.05, 3.63) is 23.8 Å². The number of ether oxygens (including phenoxy) is 4. The number of hydrogen-bond donors (Lipinski definition) is 1. The van der Waals surface area contributed by atoms with Crippen LogP contribution < -0.4 is 5.32 Å². The summed E-state index contributed by atoms with van der Waals surface area (Å²) >= 11 is 0. The molecule has 10 atom stereocenters. The Balaban J connectivity index is 0.974. The third-order valence-electron chi connectivity index (χ3n) is 18.4. The highest BCUT2D eigenvalue weighted by Gasteiger charge is 2.59. The Morgan fingerprint density at radius 3 is 2.16 bits per heavy atom. The molecule has 5 aliphatic rings. The van der Waals surface area contributed by atoms with Gasteiger partial charge in [-0.25, -0.2) is 9.59 Å². The lowest BCUT2D eigenvalue weighted by Gasteiger charge is -2.58. The molecule has 0 aromatic rings. The molecule has 1 saturated heterocycles. The van der Waals surface area contributed by atoms with Gasteiger partial charge in [-0.2, -0.15) is 0 Å². The van der Waals surface area contributed by atoms with Crippen molar-refractivity contribution in [2.75, 3.05) is 46.1 Å². The number of hydrogen-bond acceptors (Lipinski definition) is 7. The van der Waals surface area contributed by atoms with Gasteiger partial charge in [0.2, 0.25) is 0 Å². The van der Waals surface area contributed by atoms with Crippen LogP contribution in [-0.2, 0) is 23.7 Å². The summed E-state index contributed by atoms with van der Waals surface area (Å²) in [5.74, 6) is 4.25. The van der Waals surface area contributed by atoms with Gasteiger partial charge in [0.05, 0.1) is 19.3 Å². The van der Waals surface area contributed by atoms with Gasteiger partial charge in [-0.05, 0) is 155 Å². The van der Waals surface area contributed by atoms with Crippen LogP contribution in [0.4, 0.5) is 4.79 Å². The quantitative estimate of drug-likeness (QED) is 0.0398. The van der Waals surface area contributed by atoms with Gasteiger partial charge in [0.15, 0.2) is 0 Å². The number of unbranched alkanes of at least 4 members (excludes halogenated alkanes) is 12. The van der Waals surface area contributed by atoms with E-state index in [1.54, 1.807) is 0 Å². The van der Waals surface area contributed by atoms with Crippen molar-refractivity contribution in [3.63, 3.8) is 0 Å². The number of fused-ring (bicyclic) bond motifs is 5. The molecule has 1 amide bonds. The van der Waals surface area contributed by atoms with Crippen molar-refractivity contribution in [1.82, 2.24) is 10.2 Å². The first-order chi connectivity index (χ1) is 33.4. The molecule has 1 N–H and O–H groups in total. The fraction of sp³-hybridized carbons (Fsp3) is 0.902.